The number of carbonyl (C=O) groups is 2. The molecule has 0 spiro atoms. The number of anilines is 3. The van der Waals surface area contributed by atoms with E-state index in [0.29, 0.717) is 35.8 Å². The Kier molecular flexibility index (Phi) is 6.59. The second-order valence-electron chi connectivity index (χ2n) is 8.28. The van der Waals surface area contributed by atoms with E-state index in [0.717, 1.165) is 25.0 Å². The molecule has 0 atom stereocenters. The minimum absolute atomic E-state index is 0.0322. The molecular weight excluding hydrogens is 463 g/mol. The van der Waals surface area contributed by atoms with Crippen LogP contribution in [0, 0.1) is 18.7 Å². The number of aryl methyl sites for hydroxylation is 1. The second-order valence-corrected chi connectivity index (χ2v) is 8.28. The zero-order valence-electron chi connectivity index (χ0n) is 18.9. The van der Waals surface area contributed by atoms with Gasteiger partial charge in [-0.2, -0.15) is 0 Å². The summed E-state index contributed by atoms with van der Waals surface area (Å²) in [5, 5.41) is 7.66. The summed E-state index contributed by atoms with van der Waals surface area (Å²) in [6.45, 7) is 2.37. The van der Waals surface area contributed by atoms with Gasteiger partial charge in [0.2, 0.25) is 11.8 Å². The van der Waals surface area contributed by atoms with Crippen molar-refractivity contribution in [1.82, 2.24) is 9.97 Å². The van der Waals surface area contributed by atoms with Gasteiger partial charge in [-0.05, 0) is 61.7 Å². The number of benzene rings is 2. The Morgan fingerprint density at radius 2 is 1.80 bits per heavy atom. The maximum atomic E-state index is 13.7. The Morgan fingerprint density at radius 3 is 2.49 bits per heavy atom. The molecule has 0 bridgehead atoms. The van der Waals surface area contributed by atoms with Crippen molar-refractivity contribution in [3.05, 3.63) is 65.7 Å². The number of hydrogen-bond donors (Lipinski definition) is 3. The third-order valence-electron chi connectivity index (χ3n) is 5.17. The summed E-state index contributed by atoms with van der Waals surface area (Å²) < 4.78 is 46.5. The summed E-state index contributed by atoms with van der Waals surface area (Å²) >= 11 is 0. The lowest BCUT2D eigenvalue weighted by Crippen LogP contribution is -2.20. The quantitative estimate of drug-likeness (QED) is 0.391. The highest BCUT2D eigenvalue weighted by atomic mass is 19.3. The molecule has 1 aliphatic carbocycles. The molecule has 1 aromatic heterocycles. The highest BCUT2D eigenvalue weighted by Gasteiger charge is 2.30. The van der Waals surface area contributed by atoms with Gasteiger partial charge in [0.25, 0.3) is 5.92 Å². The van der Waals surface area contributed by atoms with Gasteiger partial charge >= 0.3 is 6.03 Å². The highest BCUT2D eigenvalue weighted by Crippen LogP contribution is 2.31. The lowest BCUT2D eigenvalue weighted by Gasteiger charge is -2.14. The molecule has 182 valence electrons. The van der Waals surface area contributed by atoms with Crippen molar-refractivity contribution < 1.29 is 27.5 Å². The minimum Gasteiger partial charge on any atom is -0.439 e. The average Bonchev–Trinajstić information content (AvgIpc) is 3.60. The summed E-state index contributed by atoms with van der Waals surface area (Å²) in [5.74, 6) is -3.22. The number of nitrogens with zero attached hydrogens (tertiary/aromatic N) is 2. The molecule has 35 heavy (non-hydrogen) atoms. The van der Waals surface area contributed by atoms with Crippen LogP contribution in [0.3, 0.4) is 0 Å². The number of hydrogen-bond acceptors (Lipinski definition) is 5. The smallest absolute Gasteiger partial charge is 0.323 e. The molecule has 3 aromatic rings. The first-order chi connectivity index (χ1) is 16.6. The van der Waals surface area contributed by atoms with E-state index in [1.807, 2.05) is 0 Å². The van der Waals surface area contributed by atoms with E-state index in [9.17, 15) is 22.8 Å². The molecule has 3 amide bonds. The lowest BCUT2D eigenvalue weighted by molar-refractivity contribution is -0.117. The number of ether oxygens (including phenoxy) is 1. The van der Waals surface area contributed by atoms with E-state index in [1.165, 1.54) is 12.4 Å². The van der Waals surface area contributed by atoms with E-state index in [-0.39, 0.29) is 23.4 Å². The number of halogens is 3. The van der Waals surface area contributed by atoms with Gasteiger partial charge in [-0.3, -0.25) is 4.79 Å². The number of alkyl halides is 2. The lowest BCUT2D eigenvalue weighted by atomic mass is 10.1. The number of rotatable bonds is 7. The van der Waals surface area contributed by atoms with Gasteiger partial charge in [-0.25, -0.2) is 27.9 Å². The molecule has 1 aliphatic rings. The fraction of sp³-hybridized carbons (Fsp3) is 0.250. The molecular formula is C24H22F3N5O3. The van der Waals surface area contributed by atoms with Crippen LogP contribution in [0.2, 0.25) is 0 Å². The van der Waals surface area contributed by atoms with Crippen molar-refractivity contribution in [2.24, 2.45) is 5.92 Å². The molecule has 0 saturated heterocycles. The first-order valence-corrected chi connectivity index (χ1v) is 10.7. The van der Waals surface area contributed by atoms with Crippen LogP contribution in [0.5, 0.6) is 11.6 Å². The highest BCUT2D eigenvalue weighted by molar-refractivity contribution is 6.00. The normalized spacial score (nSPS) is 13.2. The average molecular weight is 485 g/mol. The van der Waals surface area contributed by atoms with E-state index >= 15 is 0 Å². The van der Waals surface area contributed by atoms with Crippen molar-refractivity contribution in [1.29, 1.82) is 0 Å². The Bertz CT molecular complexity index is 1280. The van der Waals surface area contributed by atoms with E-state index < -0.39 is 23.3 Å². The molecule has 3 N–H and O–H groups in total. The summed E-state index contributed by atoms with van der Waals surface area (Å²) in [4.78, 5) is 32.3. The first kappa shape index (κ1) is 24.0. The fourth-order valence-electron chi connectivity index (χ4n) is 3.20. The predicted octanol–water partition coefficient (Wildman–Crippen LogP) is 5.82. The number of urea groups is 1. The Labute approximate surface area is 198 Å². The van der Waals surface area contributed by atoms with Gasteiger partial charge in [0, 0.05) is 35.8 Å². The topological polar surface area (TPSA) is 105 Å². The molecule has 1 saturated carbocycles. The maximum Gasteiger partial charge on any atom is 0.323 e. The van der Waals surface area contributed by atoms with E-state index in [4.69, 9.17) is 4.74 Å². The third-order valence-corrected chi connectivity index (χ3v) is 5.17. The van der Waals surface area contributed by atoms with Crippen LogP contribution in [0.25, 0.3) is 0 Å². The maximum absolute atomic E-state index is 13.7. The Morgan fingerprint density at radius 1 is 1.03 bits per heavy atom. The predicted molar refractivity (Wildman–Crippen MR) is 123 cm³/mol. The third kappa shape index (κ3) is 6.46. The Hall–Kier alpha value is -4.15. The molecule has 1 heterocycles. The van der Waals surface area contributed by atoms with Gasteiger partial charge in [0.15, 0.2) is 0 Å². The van der Waals surface area contributed by atoms with Crippen molar-refractivity contribution in [3.8, 4) is 11.6 Å². The number of amides is 3. The summed E-state index contributed by atoms with van der Waals surface area (Å²) in [6, 6.07) is 8.26. The first-order valence-electron chi connectivity index (χ1n) is 10.7. The van der Waals surface area contributed by atoms with Crippen molar-refractivity contribution in [2.45, 2.75) is 32.6 Å². The van der Waals surface area contributed by atoms with Gasteiger partial charge in [0.1, 0.15) is 23.7 Å². The molecule has 0 unspecified atom stereocenters. The number of carbonyl (C=O) groups excluding carboxylic acids is 2. The fourth-order valence-corrected chi connectivity index (χ4v) is 3.20. The van der Waals surface area contributed by atoms with E-state index in [2.05, 4.69) is 25.9 Å². The van der Waals surface area contributed by atoms with Crippen LogP contribution in [-0.4, -0.2) is 21.9 Å². The van der Waals surface area contributed by atoms with Crippen molar-refractivity contribution in [3.63, 3.8) is 0 Å². The molecule has 0 aliphatic heterocycles. The van der Waals surface area contributed by atoms with Crippen LogP contribution in [-0.2, 0) is 10.7 Å². The largest absolute Gasteiger partial charge is 0.439 e. The SMILES string of the molecule is Cc1cc(Oc2cc(NC(=O)C3CC3)ncn2)ccc1NC(=O)Nc1cc(F)cc(C(C)(F)F)c1. The van der Waals surface area contributed by atoms with Gasteiger partial charge in [0.05, 0.1) is 0 Å². The van der Waals surface area contributed by atoms with Crippen LogP contribution < -0.4 is 20.7 Å². The number of aromatic nitrogens is 2. The monoisotopic (exact) mass is 485 g/mol. The summed E-state index contributed by atoms with van der Waals surface area (Å²) in [6.07, 6.45) is 3.02. The molecule has 8 nitrogen and oxygen atoms in total. The summed E-state index contributed by atoms with van der Waals surface area (Å²) in [7, 11) is 0. The van der Waals surface area contributed by atoms with Crippen LogP contribution in [0.15, 0.2) is 48.8 Å². The summed E-state index contributed by atoms with van der Waals surface area (Å²) in [5.41, 5.74) is 0.400. The minimum atomic E-state index is -3.26. The van der Waals surface area contributed by atoms with Crippen molar-refractivity contribution >= 4 is 29.1 Å². The van der Waals surface area contributed by atoms with Gasteiger partial charge in [-0.15, -0.1) is 0 Å². The standard InChI is InChI=1S/C24H22F3N5O3/c1-13-7-18(35-21-11-20(28-12-29-21)32-22(33)14-3-4-14)5-6-19(13)31-23(34)30-17-9-15(24(2,26)27)8-16(25)10-17/h5-12,14H,3-4H2,1-2H3,(H2,30,31,34)(H,28,29,32,33). The zero-order valence-corrected chi connectivity index (χ0v) is 18.9. The van der Waals surface area contributed by atoms with Crippen molar-refractivity contribution in [2.75, 3.05) is 16.0 Å². The van der Waals surface area contributed by atoms with Gasteiger partial charge in [-0.1, -0.05) is 0 Å². The molecule has 0 radical (unpaired) electrons. The number of nitrogens with one attached hydrogen (secondary N) is 3. The zero-order chi connectivity index (χ0) is 25.2. The second kappa shape index (κ2) is 9.61. The molecule has 11 heteroatoms. The molecule has 2 aromatic carbocycles. The molecule has 1 fully saturated rings. The Balaban J connectivity index is 1.39. The van der Waals surface area contributed by atoms with Gasteiger partial charge < -0.3 is 20.7 Å². The van der Waals surface area contributed by atoms with Crippen LogP contribution in [0.1, 0.15) is 30.9 Å². The molecule has 4 rings (SSSR count). The van der Waals surface area contributed by atoms with Crippen LogP contribution >= 0.6 is 0 Å². The van der Waals surface area contributed by atoms with E-state index in [1.54, 1.807) is 25.1 Å². The van der Waals surface area contributed by atoms with Crippen LogP contribution in [0.4, 0.5) is 35.2 Å².